The van der Waals surface area contributed by atoms with Crippen LogP contribution in [0.4, 0.5) is 4.79 Å². The summed E-state index contributed by atoms with van der Waals surface area (Å²) >= 11 is 0. The minimum atomic E-state index is -0.299. The van der Waals surface area contributed by atoms with E-state index in [1.165, 1.54) is 51.4 Å². The quantitative estimate of drug-likeness (QED) is 0.0390. The molecule has 12 nitrogen and oxygen atoms in total. The summed E-state index contributed by atoms with van der Waals surface area (Å²) in [5.41, 5.74) is 2.16. The summed E-state index contributed by atoms with van der Waals surface area (Å²) in [6.45, 7) is 24.7. The van der Waals surface area contributed by atoms with Crippen LogP contribution in [-0.4, -0.2) is 141 Å². The zero-order chi connectivity index (χ0) is 43.0. The molecule has 2 aliphatic heterocycles. The number of nitrogens with one attached hydrogen (secondary N) is 7. The van der Waals surface area contributed by atoms with Gasteiger partial charge in [-0.1, -0.05) is 52.2 Å². The second kappa shape index (κ2) is 24.8. The lowest BCUT2D eigenvalue weighted by molar-refractivity contribution is -0.255. The lowest BCUT2D eigenvalue weighted by atomic mass is 9.47. The molecule has 2 saturated heterocycles. The van der Waals surface area contributed by atoms with Crippen molar-refractivity contribution in [2.24, 2.45) is 40.4 Å². The zero-order valence-electron chi connectivity index (χ0n) is 39.6. The lowest BCUT2D eigenvalue weighted by Gasteiger charge is -2.58. The Morgan fingerprint density at radius 3 is 2.05 bits per heavy atom. The number of carbonyl (C=O) groups is 1. The second-order valence-electron chi connectivity index (χ2n) is 20.6. The maximum atomic E-state index is 13.6. The molecule has 0 aromatic carbocycles. The van der Waals surface area contributed by atoms with E-state index in [1.807, 2.05) is 11.9 Å². The van der Waals surface area contributed by atoms with Crippen molar-refractivity contribution in [3.63, 3.8) is 0 Å². The minimum absolute atomic E-state index is 0.0145. The van der Waals surface area contributed by atoms with Crippen LogP contribution >= 0.6 is 0 Å². The fourth-order valence-electron chi connectivity index (χ4n) is 12.6. The third kappa shape index (κ3) is 13.4. The Labute approximate surface area is 372 Å². The summed E-state index contributed by atoms with van der Waals surface area (Å²) < 4.78 is 19.7. The molecule has 61 heavy (non-hydrogen) atoms. The Bertz CT molecular complexity index is 1320. The summed E-state index contributed by atoms with van der Waals surface area (Å²) in [5.74, 6) is 3.20. The van der Waals surface area contributed by atoms with E-state index >= 15 is 0 Å². The molecule has 4 aliphatic carbocycles. The molecule has 0 bridgehead atoms. The lowest BCUT2D eigenvalue weighted by Crippen LogP contribution is -2.51. The number of hydrogen-bond acceptors (Lipinski definition) is 11. The molecular weight excluding hydrogens is 765 g/mol. The SMILES string of the molecule is CCCCN(CCNCCNCCNCCNCCNCCNCCCCCNC)C(=O)O[C@H]1CC[C@@]2(C)C(=CC[C@H]3[C@@H]4C[C@@H]5O[C@]6(CC[C@@H](C)CO6)C[C@@H]5[C@@]4(C)CC[C@@H]32)C1. The van der Waals surface area contributed by atoms with Crippen LogP contribution in [0.2, 0.25) is 0 Å². The summed E-state index contributed by atoms with van der Waals surface area (Å²) in [6.07, 6.45) is 20.2. The molecule has 6 aliphatic rings. The van der Waals surface area contributed by atoms with Crippen LogP contribution in [0, 0.1) is 40.4 Å². The average molecular weight is 857 g/mol. The Kier molecular flexibility index (Phi) is 20.0. The first-order valence-corrected chi connectivity index (χ1v) is 25.6. The fourth-order valence-corrected chi connectivity index (χ4v) is 12.6. The molecule has 1 spiro atoms. The Morgan fingerprint density at radius 1 is 0.754 bits per heavy atom. The number of rotatable bonds is 28. The molecule has 0 radical (unpaired) electrons. The molecule has 0 aromatic rings. The van der Waals surface area contributed by atoms with Crippen molar-refractivity contribution >= 4 is 6.09 Å². The van der Waals surface area contributed by atoms with E-state index in [9.17, 15) is 4.79 Å². The van der Waals surface area contributed by atoms with Gasteiger partial charge in [-0.2, -0.15) is 0 Å². The van der Waals surface area contributed by atoms with Gasteiger partial charge in [0, 0.05) is 104 Å². The van der Waals surface area contributed by atoms with Crippen molar-refractivity contribution in [2.45, 2.75) is 142 Å². The van der Waals surface area contributed by atoms with E-state index in [4.69, 9.17) is 14.2 Å². The second-order valence-corrected chi connectivity index (χ2v) is 20.6. The van der Waals surface area contributed by atoms with Crippen LogP contribution in [0.25, 0.3) is 0 Å². The van der Waals surface area contributed by atoms with Crippen molar-refractivity contribution in [2.75, 3.05) is 112 Å². The maximum absolute atomic E-state index is 13.6. The Morgan fingerprint density at radius 2 is 1.41 bits per heavy atom. The van der Waals surface area contributed by atoms with Crippen LogP contribution in [-0.2, 0) is 14.2 Å². The molecule has 2 heterocycles. The van der Waals surface area contributed by atoms with E-state index in [1.54, 1.807) is 5.57 Å². The highest BCUT2D eigenvalue weighted by molar-refractivity contribution is 5.68. The first kappa shape index (κ1) is 49.1. The van der Waals surface area contributed by atoms with Gasteiger partial charge in [-0.25, -0.2) is 4.79 Å². The largest absolute Gasteiger partial charge is 0.446 e. The third-order valence-electron chi connectivity index (χ3n) is 16.4. The van der Waals surface area contributed by atoms with Gasteiger partial charge in [-0.3, -0.25) is 0 Å². The van der Waals surface area contributed by atoms with Gasteiger partial charge in [0.1, 0.15) is 6.10 Å². The van der Waals surface area contributed by atoms with Gasteiger partial charge in [-0.05, 0) is 125 Å². The van der Waals surface area contributed by atoms with Crippen molar-refractivity contribution in [1.82, 2.24) is 42.1 Å². The topological polar surface area (TPSA) is 132 Å². The van der Waals surface area contributed by atoms with E-state index in [2.05, 4.69) is 71.0 Å². The number of allylic oxidation sites excluding steroid dienone is 1. The highest BCUT2D eigenvalue weighted by Crippen LogP contribution is 2.69. The number of hydrogen-bond donors (Lipinski definition) is 7. The van der Waals surface area contributed by atoms with Gasteiger partial charge in [0.25, 0.3) is 0 Å². The van der Waals surface area contributed by atoms with Crippen LogP contribution in [0.3, 0.4) is 0 Å². The molecule has 352 valence electrons. The van der Waals surface area contributed by atoms with E-state index in [0.29, 0.717) is 29.9 Å². The van der Waals surface area contributed by atoms with Gasteiger partial charge in [0.05, 0.1) is 12.7 Å². The Balaban J connectivity index is 0.806. The van der Waals surface area contributed by atoms with Crippen molar-refractivity contribution in [1.29, 1.82) is 0 Å². The highest BCUT2D eigenvalue weighted by Gasteiger charge is 2.66. The van der Waals surface area contributed by atoms with Gasteiger partial charge in [0.15, 0.2) is 5.79 Å². The van der Waals surface area contributed by atoms with Crippen LogP contribution in [0.1, 0.15) is 124 Å². The Hall–Kier alpha value is -1.35. The number of unbranched alkanes of at least 4 members (excludes halogenated alkanes) is 3. The first-order chi connectivity index (χ1) is 29.7. The molecule has 6 rings (SSSR count). The van der Waals surface area contributed by atoms with Crippen LogP contribution < -0.4 is 37.2 Å². The fraction of sp³-hybridized carbons (Fsp3) is 0.939. The highest BCUT2D eigenvalue weighted by atomic mass is 16.7. The van der Waals surface area contributed by atoms with Gasteiger partial charge in [0.2, 0.25) is 0 Å². The molecule has 5 fully saturated rings. The molecule has 10 atom stereocenters. The van der Waals surface area contributed by atoms with Crippen LogP contribution in [0.15, 0.2) is 11.6 Å². The number of amides is 1. The van der Waals surface area contributed by atoms with Crippen LogP contribution in [0.5, 0.6) is 0 Å². The smallest absolute Gasteiger partial charge is 0.410 e. The summed E-state index contributed by atoms with van der Waals surface area (Å²) in [5, 5.41) is 24.3. The van der Waals surface area contributed by atoms with E-state index in [-0.39, 0.29) is 23.4 Å². The van der Waals surface area contributed by atoms with Crippen molar-refractivity contribution < 1.29 is 19.0 Å². The molecule has 1 amide bonds. The standard InChI is InChI=1S/C49H92N8O4/c1-6-7-32-57(33-31-56-30-29-55-28-27-54-26-25-53-24-23-52-22-21-51-20-10-8-9-19-50-5)46(58)60-40-14-16-47(3)39(34-40)11-12-41-42(47)15-17-48(4)43(41)35-45-44(48)36-49(61-45)18-13-38(2)37-59-49/h11,38,40-45,50-56H,6-10,12-37H2,1-5H3/t38-,40+,41-,42+,43+,44+,45+,47+,48+,49-/m1/s1. The third-order valence-corrected chi connectivity index (χ3v) is 16.4. The maximum Gasteiger partial charge on any atom is 0.410 e. The number of ether oxygens (including phenoxy) is 3. The normalized spacial score (nSPS) is 34.1. The molecule has 3 saturated carbocycles. The molecule has 0 unspecified atom stereocenters. The molecule has 12 heteroatoms. The average Bonchev–Trinajstić information content (AvgIpc) is 3.75. The van der Waals surface area contributed by atoms with Gasteiger partial charge >= 0.3 is 6.09 Å². The monoisotopic (exact) mass is 857 g/mol. The zero-order valence-corrected chi connectivity index (χ0v) is 39.6. The van der Waals surface area contributed by atoms with E-state index < -0.39 is 0 Å². The number of carbonyl (C=O) groups excluding carboxylic acids is 1. The number of nitrogens with zero attached hydrogens (tertiary/aromatic N) is 1. The van der Waals surface area contributed by atoms with Gasteiger partial charge in [-0.15, -0.1) is 0 Å². The predicted molar refractivity (Wildman–Crippen MR) is 249 cm³/mol. The summed E-state index contributed by atoms with van der Waals surface area (Å²) in [7, 11) is 2.02. The van der Waals surface area contributed by atoms with Gasteiger partial charge < -0.3 is 56.3 Å². The number of fused-ring (bicyclic) bond motifs is 7. The summed E-state index contributed by atoms with van der Waals surface area (Å²) in [6, 6.07) is 0. The molecular formula is C49H92N8O4. The minimum Gasteiger partial charge on any atom is -0.446 e. The van der Waals surface area contributed by atoms with E-state index in [0.717, 1.165) is 161 Å². The molecule has 7 N–H and O–H groups in total. The van der Waals surface area contributed by atoms with Crippen molar-refractivity contribution in [3.8, 4) is 0 Å². The molecule has 0 aromatic heterocycles. The van der Waals surface area contributed by atoms with Crippen molar-refractivity contribution in [3.05, 3.63) is 11.6 Å². The first-order valence-electron chi connectivity index (χ1n) is 25.6. The summed E-state index contributed by atoms with van der Waals surface area (Å²) in [4.78, 5) is 15.6. The predicted octanol–water partition coefficient (Wildman–Crippen LogP) is 5.64.